The number of nitrogens with one attached hydrogen (secondary N) is 2. The first-order chi connectivity index (χ1) is 12.6. The zero-order valence-corrected chi connectivity index (χ0v) is 16.1. The third-order valence-corrected chi connectivity index (χ3v) is 4.44. The molecule has 1 unspecified atom stereocenters. The Morgan fingerprint density at radius 3 is 2.81 bits per heavy atom. The Bertz CT molecular complexity index is 579. The maximum Gasteiger partial charge on any atom is 0.229 e. The van der Waals surface area contributed by atoms with Crippen molar-refractivity contribution in [3.8, 4) is 0 Å². The number of aliphatic imine (C=N–C) groups is 1. The third kappa shape index (κ3) is 6.31. The van der Waals surface area contributed by atoms with Crippen LogP contribution in [0, 0.1) is 0 Å². The average Bonchev–Trinajstić information content (AvgIpc) is 3.03. The summed E-state index contributed by atoms with van der Waals surface area (Å²) in [4.78, 5) is 20.6. The van der Waals surface area contributed by atoms with Gasteiger partial charge in [-0.1, -0.05) is 18.2 Å². The van der Waals surface area contributed by atoms with E-state index in [4.69, 9.17) is 4.74 Å². The third-order valence-electron chi connectivity index (χ3n) is 4.44. The van der Waals surface area contributed by atoms with Crippen LogP contribution in [-0.4, -0.2) is 76.8 Å². The zero-order valence-electron chi connectivity index (χ0n) is 16.1. The number of anilines is 1. The highest BCUT2D eigenvalue weighted by Gasteiger charge is 2.30. The van der Waals surface area contributed by atoms with Gasteiger partial charge in [-0.15, -0.1) is 0 Å². The van der Waals surface area contributed by atoms with Gasteiger partial charge in [0.15, 0.2) is 5.96 Å². The molecule has 2 N–H and O–H groups in total. The smallest absolute Gasteiger partial charge is 0.229 e. The number of carbonyl (C=O) groups excluding carboxylic acids is 1. The fourth-order valence-corrected chi connectivity index (χ4v) is 2.96. The van der Waals surface area contributed by atoms with E-state index in [1.165, 1.54) is 0 Å². The molecule has 1 aromatic rings. The molecule has 0 radical (unpaired) electrons. The quantitative estimate of drug-likeness (QED) is 0.389. The molecule has 1 aliphatic rings. The molecule has 2 rings (SSSR count). The second-order valence-corrected chi connectivity index (χ2v) is 6.53. The van der Waals surface area contributed by atoms with Gasteiger partial charge in [-0.25, -0.2) is 0 Å². The van der Waals surface area contributed by atoms with Gasteiger partial charge in [0.1, 0.15) is 0 Å². The van der Waals surface area contributed by atoms with E-state index in [0.717, 1.165) is 44.3 Å². The summed E-state index contributed by atoms with van der Waals surface area (Å²) in [7, 11) is 5.57. The lowest BCUT2D eigenvalue weighted by Gasteiger charge is -2.20. The minimum Gasteiger partial charge on any atom is -0.383 e. The molecule has 1 aromatic carbocycles. The second kappa shape index (κ2) is 10.8. The van der Waals surface area contributed by atoms with E-state index in [1.807, 2.05) is 35.2 Å². The summed E-state index contributed by atoms with van der Waals surface area (Å²) in [5, 5.41) is 6.69. The summed E-state index contributed by atoms with van der Waals surface area (Å²) in [5.41, 5.74) is 0.948. The number of methoxy groups -OCH3 is 1. The molecule has 1 heterocycles. The number of hydrogen-bond acceptors (Lipinski definition) is 4. The molecule has 1 aliphatic heterocycles. The van der Waals surface area contributed by atoms with Crippen molar-refractivity contribution in [1.29, 1.82) is 0 Å². The zero-order chi connectivity index (χ0) is 18.8. The van der Waals surface area contributed by atoms with Gasteiger partial charge in [-0.2, -0.15) is 0 Å². The number of benzene rings is 1. The van der Waals surface area contributed by atoms with Crippen molar-refractivity contribution in [3.63, 3.8) is 0 Å². The van der Waals surface area contributed by atoms with Crippen LogP contribution in [0.4, 0.5) is 5.69 Å². The standard InChI is InChI=1S/C19H31N5O2/c1-20-19(21-10-7-11-23(2)12-13-26-3)22-16-14-18(25)24(15-16)17-8-5-4-6-9-17/h4-6,8-9,16H,7,10-15H2,1-3H3,(H2,20,21,22). The van der Waals surface area contributed by atoms with Crippen LogP contribution in [0.2, 0.25) is 0 Å². The lowest BCUT2D eigenvalue weighted by molar-refractivity contribution is -0.117. The predicted molar refractivity (Wildman–Crippen MR) is 106 cm³/mol. The number of para-hydroxylation sites is 1. The molecule has 0 aromatic heterocycles. The van der Waals surface area contributed by atoms with Gasteiger partial charge in [0.25, 0.3) is 0 Å². The minimum absolute atomic E-state index is 0.0679. The molecule has 0 aliphatic carbocycles. The van der Waals surface area contributed by atoms with Gasteiger partial charge in [0, 0.05) is 45.9 Å². The summed E-state index contributed by atoms with van der Waals surface area (Å²) in [6.07, 6.45) is 1.50. The maximum absolute atomic E-state index is 12.3. The Morgan fingerprint density at radius 2 is 2.12 bits per heavy atom. The van der Waals surface area contributed by atoms with Crippen LogP contribution in [0.1, 0.15) is 12.8 Å². The van der Waals surface area contributed by atoms with E-state index in [1.54, 1.807) is 14.2 Å². The lowest BCUT2D eigenvalue weighted by atomic mass is 10.2. The van der Waals surface area contributed by atoms with E-state index in [-0.39, 0.29) is 11.9 Å². The van der Waals surface area contributed by atoms with Crippen molar-refractivity contribution in [2.75, 3.05) is 58.9 Å². The van der Waals surface area contributed by atoms with Crippen molar-refractivity contribution in [2.45, 2.75) is 18.9 Å². The SMILES string of the molecule is CN=C(NCCCN(C)CCOC)NC1CC(=O)N(c2ccccc2)C1. The minimum atomic E-state index is 0.0679. The van der Waals surface area contributed by atoms with Crippen LogP contribution in [0.5, 0.6) is 0 Å². The van der Waals surface area contributed by atoms with Crippen LogP contribution in [0.3, 0.4) is 0 Å². The Balaban J connectivity index is 1.72. The van der Waals surface area contributed by atoms with Crippen molar-refractivity contribution in [3.05, 3.63) is 30.3 Å². The highest BCUT2D eigenvalue weighted by Crippen LogP contribution is 2.20. The topological polar surface area (TPSA) is 69.2 Å². The number of hydrogen-bond donors (Lipinski definition) is 2. The van der Waals surface area contributed by atoms with Crippen LogP contribution in [-0.2, 0) is 9.53 Å². The molecule has 0 spiro atoms. The first kappa shape index (κ1) is 20.2. The summed E-state index contributed by atoms with van der Waals surface area (Å²) < 4.78 is 5.08. The number of guanidine groups is 1. The number of nitrogens with zero attached hydrogens (tertiary/aromatic N) is 3. The van der Waals surface area contributed by atoms with Crippen LogP contribution in [0.15, 0.2) is 35.3 Å². The van der Waals surface area contributed by atoms with Gasteiger partial charge >= 0.3 is 0 Å². The van der Waals surface area contributed by atoms with Crippen molar-refractivity contribution < 1.29 is 9.53 Å². The molecule has 1 fully saturated rings. The Hall–Kier alpha value is -2.12. The Morgan fingerprint density at radius 1 is 1.35 bits per heavy atom. The first-order valence-corrected chi connectivity index (χ1v) is 9.14. The molecule has 1 saturated heterocycles. The van der Waals surface area contributed by atoms with Crippen LogP contribution in [0.25, 0.3) is 0 Å². The number of likely N-dealkylation sites (N-methyl/N-ethyl adjacent to an activating group) is 1. The van der Waals surface area contributed by atoms with E-state index in [0.29, 0.717) is 13.0 Å². The fraction of sp³-hybridized carbons (Fsp3) is 0.579. The average molecular weight is 361 g/mol. The largest absolute Gasteiger partial charge is 0.383 e. The molecule has 144 valence electrons. The van der Waals surface area contributed by atoms with Crippen molar-refractivity contribution in [2.24, 2.45) is 4.99 Å². The highest BCUT2D eigenvalue weighted by molar-refractivity contribution is 5.97. The van der Waals surface area contributed by atoms with Crippen molar-refractivity contribution in [1.82, 2.24) is 15.5 Å². The number of ether oxygens (including phenoxy) is 1. The van der Waals surface area contributed by atoms with Gasteiger partial charge < -0.3 is 25.2 Å². The predicted octanol–water partition coefficient (Wildman–Crippen LogP) is 0.925. The highest BCUT2D eigenvalue weighted by atomic mass is 16.5. The second-order valence-electron chi connectivity index (χ2n) is 6.53. The van der Waals surface area contributed by atoms with E-state index >= 15 is 0 Å². The summed E-state index contributed by atoms with van der Waals surface area (Å²) in [6, 6.07) is 9.86. The molecule has 7 nitrogen and oxygen atoms in total. The number of rotatable bonds is 9. The van der Waals surface area contributed by atoms with E-state index in [9.17, 15) is 4.79 Å². The Kier molecular flexibility index (Phi) is 8.37. The van der Waals surface area contributed by atoms with Crippen LogP contribution < -0.4 is 15.5 Å². The Labute approximate surface area is 156 Å². The number of carbonyl (C=O) groups is 1. The van der Waals surface area contributed by atoms with Gasteiger partial charge in [-0.3, -0.25) is 9.79 Å². The molecule has 1 amide bonds. The molecule has 1 atom stereocenters. The molecule has 26 heavy (non-hydrogen) atoms. The fourth-order valence-electron chi connectivity index (χ4n) is 2.96. The monoisotopic (exact) mass is 361 g/mol. The van der Waals surface area contributed by atoms with Gasteiger partial charge in [-0.05, 0) is 32.1 Å². The number of amides is 1. The summed E-state index contributed by atoms with van der Waals surface area (Å²) in [6.45, 7) is 4.17. The van der Waals surface area contributed by atoms with Gasteiger partial charge in [0.2, 0.25) is 5.91 Å². The molecular weight excluding hydrogens is 330 g/mol. The lowest BCUT2D eigenvalue weighted by Crippen LogP contribution is -2.45. The molecular formula is C19H31N5O2. The van der Waals surface area contributed by atoms with E-state index < -0.39 is 0 Å². The maximum atomic E-state index is 12.3. The first-order valence-electron chi connectivity index (χ1n) is 9.14. The molecule has 0 saturated carbocycles. The van der Waals surface area contributed by atoms with E-state index in [2.05, 4.69) is 27.6 Å². The summed E-state index contributed by atoms with van der Waals surface area (Å²) in [5.74, 6) is 0.890. The van der Waals surface area contributed by atoms with Crippen LogP contribution >= 0.6 is 0 Å². The molecule has 0 bridgehead atoms. The summed E-state index contributed by atoms with van der Waals surface area (Å²) >= 11 is 0. The normalized spacial score (nSPS) is 17.8. The molecule has 7 heteroatoms. The van der Waals surface area contributed by atoms with Crippen molar-refractivity contribution >= 4 is 17.6 Å². The van der Waals surface area contributed by atoms with Gasteiger partial charge in [0.05, 0.1) is 12.6 Å².